The van der Waals surface area contributed by atoms with Crippen molar-refractivity contribution in [1.29, 1.82) is 0 Å². The fraction of sp³-hybridized carbons (Fsp3) is 1.00. The number of rotatable bonds is 2. The van der Waals surface area contributed by atoms with Crippen LogP contribution in [0.5, 0.6) is 0 Å². The molecule has 1 N–H and O–H groups in total. The lowest BCUT2D eigenvalue weighted by Gasteiger charge is -2.47. The third-order valence-electron chi connectivity index (χ3n) is 3.18. The number of nitrogens with one attached hydrogen (secondary N) is 1. The van der Waals surface area contributed by atoms with Crippen LogP contribution < -0.4 is 5.32 Å². The van der Waals surface area contributed by atoms with Gasteiger partial charge in [0.25, 0.3) is 0 Å². The summed E-state index contributed by atoms with van der Waals surface area (Å²) in [5, 5.41) is 10.4. The molecule has 0 radical (unpaired) electrons. The minimum atomic E-state index is -1.09. The van der Waals surface area contributed by atoms with E-state index in [4.69, 9.17) is 0 Å². The van der Waals surface area contributed by atoms with Gasteiger partial charge >= 0.3 is 0 Å². The summed E-state index contributed by atoms with van der Waals surface area (Å²) >= 11 is 0. The first-order valence-electron chi connectivity index (χ1n) is 4.70. The molecule has 1 fully saturated rings. The number of nitrogens with zero attached hydrogens (tertiary/aromatic N) is 3. The Morgan fingerprint density at radius 1 is 1.29 bits per heavy atom. The number of hydrogen-bond acceptors (Lipinski definition) is 5. The molecule has 0 saturated carbocycles. The lowest BCUT2D eigenvalue weighted by molar-refractivity contribution is -0.0148. The standard InChI is InChI=1S/C8H16N4O2/c1-5-6(2)12(11-14)8(4,10-13)7(3)9-5/h5-7,9H,1-4H3. The maximum absolute atomic E-state index is 10.8. The summed E-state index contributed by atoms with van der Waals surface area (Å²) in [6.07, 6.45) is 0. The molecule has 0 aromatic heterocycles. The summed E-state index contributed by atoms with van der Waals surface area (Å²) in [6, 6.07) is -0.215. The van der Waals surface area contributed by atoms with Crippen LogP contribution in [0.1, 0.15) is 27.7 Å². The molecule has 4 atom stereocenters. The van der Waals surface area contributed by atoms with E-state index in [1.165, 1.54) is 5.01 Å². The van der Waals surface area contributed by atoms with Crippen LogP contribution in [0.15, 0.2) is 10.5 Å². The van der Waals surface area contributed by atoms with Gasteiger partial charge in [-0.2, -0.15) is 0 Å². The summed E-state index contributed by atoms with van der Waals surface area (Å²) < 4.78 is 0. The van der Waals surface area contributed by atoms with Crippen molar-refractivity contribution in [2.45, 2.75) is 51.5 Å². The Balaban J connectivity index is 3.03. The van der Waals surface area contributed by atoms with Crippen molar-refractivity contribution in [3.8, 4) is 0 Å². The van der Waals surface area contributed by atoms with E-state index in [2.05, 4.69) is 15.8 Å². The molecule has 6 heteroatoms. The second-order valence-electron chi connectivity index (χ2n) is 4.03. The van der Waals surface area contributed by atoms with Gasteiger partial charge in [0.2, 0.25) is 5.66 Å². The normalized spacial score (nSPS) is 43.4. The van der Waals surface area contributed by atoms with E-state index >= 15 is 0 Å². The van der Waals surface area contributed by atoms with E-state index in [9.17, 15) is 9.81 Å². The molecule has 1 rings (SSSR count). The monoisotopic (exact) mass is 200 g/mol. The summed E-state index contributed by atoms with van der Waals surface area (Å²) in [6.45, 7) is 7.22. The first-order chi connectivity index (χ1) is 6.47. The zero-order valence-corrected chi connectivity index (χ0v) is 8.89. The van der Waals surface area contributed by atoms with E-state index in [-0.39, 0.29) is 18.1 Å². The van der Waals surface area contributed by atoms with Crippen molar-refractivity contribution in [3.05, 3.63) is 9.81 Å². The molecular formula is C8H16N4O2. The molecule has 14 heavy (non-hydrogen) atoms. The second-order valence-corrected chi connectivity index (χ2v) is 4.03. The van der Waals surface area contributed by atoms with Gasteiger partial charge in [-0.3, -0.25) is 0 Å². The van der Waals surface area contributed by atoms with Gasteiger partial charge in [0, 0.05) is 6.04 Å². The van der Waals surface area contributed by atoms with E-state index in [1.807, 2.05) is 20.8 Å². The molecular weight excluding hydrogens is 184 g/mol. The minimum Gasteiger partial charge on any atom is -0.305 e. The topological polar surface area (TPSA) is 74.1 Å². The van der Waals surface area contributed by atoms with E-state index < -0.39 is 5.66 Å². The summed E-state index contributed by atoms with van der Waals surface area (Å²) in [5.74, 6) is 0. The Morgan fingerprint density at radius 3 is 2.29 bits per heavy atom. The molecule has 6 nitrogen and oxygen atoms in total. The van der Waals surface area contributed by atoms with E-state index in [0.717, 1.165) is 0 Å². The van der Waals surface area contributed by atoms with Crippen LogP contribution in [-0.2, 0) is 0 Å². The summed E-state index contributed by atoms with van der Waals surface area (Å²) in [7, 11) is 0. The molecule has 0 aromatic carbocycles. The minimum absolute atomic E-state index is 0.109. The lowest BCUT2D eigenvalue weighted by atomic mass is 9.94. The third kappa shape index (κ3) is 1.39. The van der Waals surface area contributed by atoms with Gasteiger partial charge in [-0.1, -0.05) is 0 Å². The Bertz CT molecular complexity index is 247. The zero-order valence-electron chi connectivity index (χ0n) is 8.89. The van der Waals surface area contributed by atoms with Gasteiger partial charge in [0.1, 0.15) is 0 Å². The molecule has 0 amide bonds. The second kappa shape index (κ2) is 3.61. The quantitative estimate of drug-likeness (QED) is 0.680. The van der Waals surface area contributed by atoms with Crippen molar-refractivity contribution in [3.63, 3.8) is 0 Å². The molecule has 0 aliphatic carbocycles. The van der Waals surface area contributed by atoms with Gasteiger partial charge in [0.05, 0.1) is 17.4 Å². The highest BCUT2D eigenvalue weighted by molar-refractivity contribution is 5.00. The van der Waals surface area contributed by atoms with Gasteiger partial charge in [-0.05, 0) is 32.9 Å². The third-order valence-corrected chi connectivity index (χ3v) is 3.18. The van der Waals surface area contributed by atoms with Crippen molar-refractivity contribution >= 4 is 0 Å². The number of piperazine rings is 1. The Morgan fingerprint density at radius 2 is 1.86 bits per heavy atom. The SMILES string of the molecule is CC1NC(C)C(C)(N=O)N(N=O)C1C. The molecule has 0 bridgehead atoms. The zero-order chi connectivity index (χ0) is 10.9. The number of nitroso groups, excluding NO2 is 2. The number of hydrogen-bond donors (Lipinski definition) is 1. The Labute approximate surface area is 83.0 Å². The van der Waals surface area contributed by atoms with Crippen LogP contribution in [0.25, 0.3) is 0 Å². The van der Waals surface area contributed by atoms with Crippen molar-refractivity contribution in [1.82, 2.24) is 10.3 Å². The first-order valence-corrected chi connectivity index (χ1v) is 4.70. The smallest absolute Gasteiger partial charge is 0.204 e. The Hall–Kier alpha value is -1.04. The fourth-order valence-electron chi connectivity index (χ4n) is 1.79. The molecule has 1 heterocycles. The van der Waals surface area contributed by atoms with E-state index in [1.54, 1.807) is 6.92 Å². The highest BCUT2D eigenvalue weighted by Crippen LogP contribution is 2.29. The van der Waals surface area contributed by atoms with E-state index in [0.29, 0.717) is 0 Å². The molecule has 4 unspecified atom stereocenters. The predicted molar refractivity (Wildman–Crippen MR) is 53.4 cm³/mol. The summed E-state index contributed by atoms with van der Waals surface area (Å²) in [4.78, 5) is 21.5. The van der Waals surface area contributed by atoms with Gasteiger partial charge in [-0.15, -0.1) is 9.81 Å². The maximum Gasteiger partial charge on any atom is 0.204 e. The molecule has 1 saturated heterocycles. The molecule has 1 aliphatic heterocycles. The highest BCUT2D eigenvalue weighted by atomic mass is 16.3. The van der Waals surface area contributed by atoms with Crippen molar-refractivity contribution in [2.24, 2.45) is 10.5 Å². The van der Waals surface area contributed by atoms with Crippen molar-refractivity contribution in [2.75, 3.05) is 0 Å². The average molecular weight is 200 g/mol. The fourth-order valence-corrected chi connectivity index (χ4v) is 1.79. The maximum atomic E-state index is 10.8. The first kappa shape index (κ1) is 11.0. The molecule has 80 valence electrons. The Kier molecular flexibility index (Phi) is 2.84. The summed E-state index contributed by atoms with van der Waals surface area (Å²) in [5.41, 5.74) is -1.09. The van der Waals surface area contributed by atoms with Crippen molar-refractivity contribution < 1.29 is 0 Å². The van der Waals surface area contributed by atoms with Gasteiger partial charge < -0.3 is 5.32 Å². The van der Waals surface area contributed by atoms with Crippen LogP contribution in [-0.4, -0.2) is 28.8 Å². The highest BCUT2D eigenvalue weighted by Gasteiger charge is 2.48. The lowest BCUT2D eigenvalue weighted by Crippen LogP contribution is -2.68. The van der Waals surface area contributed by atoms with Crippen LogP contribution in [0.4, 0.5) is 0 Å². The van der Waals surface area contributed by atoms with Crippen LogP contribution in [0, 0.1) is 9.81 Å². The van der Waals surface area contributed by atoms with Crippen LogP contribution in [0.3, 0.4) is 0 Å². The predicted octanol–water partition coefficient (Wildman–Crippen LogP) is 1.22. The van der Waals surface area contributed by atoms with Gasteiger partial charge in [-0.25, -0.2) is 5.01 Å². The van der Waals surface area contributed by atoms with Gasteiger partial charge in [0.15, 0.2) is 0 Å². The molecule has 0 spiro atoms. The largest absolute Gasteiger partial charge is 0.305 e. The molecule has 0 aromatic rings. The van der Waals surface area contributed by atoms with Crippen LogP contribution in [0.2, 0.25) is 0 Å². The average Bonchev–Trinajstić information content (AvgIpc) is 2.16. The van der Waals surface area contributed by atoms with Crippen LogP contribution >= 0.6 is 0 Å². The molecule has 1 aliphatic rings.